The lowest BCUT2D eigenvalue weighted by Crippen LogP contribution is -2.29. The minimum Gasteiger partial charge on any atom is -0.491 e. The van der Waals surface area contributed by atoms with Crippen molar-refractivity contribution in [1.29, 1.82) is 0 Å². The van der Waals surface area contributed by atoms with E-state index in [0.29, 0.717) is 31.2 Å². The van der Waals surface area contributed by atoms with Crippen molar-refractivity contribution in [3.63, 3.8) is 0 Å². The van der Waals surface area contributed by atoms with Crippen LogP contribution in [0.2, 0.25) is 0 Å². The smallest absolute Gasteiger partial charge is 0.251 e. The van der Waals surface area contributed by atoms with Crippen molar-refractivity contribution in [3.8, 4) is 5.75 Å². The molecule has 0 amide bonds. The SMILES string of the molecule is CCCC1CCC2CC(c3ccc(OCC)c(F)c3F)CC2CC1(F)F. The van der Waals surface area contributed by atoms with Gasteiger partial charge in [-0.15, -0.1) is 0 Å². The van der Waals surface area contributed by atoms with Crippen LogP contribution >= 0.6 is 0 Å². The van der Waals surface area contributed by atoms with Gasteiger partial charge in [0.25, 0.3) is 5.92 Å². The maximum Gasteiger partial charge on any atom is 0.251 e. The number of rotatable bonds is 5. The third kappa shape index (κ3) is 3.72. The molecule has 2 aliphatic carbocycles. The molecular formula is C21H28F4O. The van der Waals surface area contributed by atoms with Gasteiger partial charge >= 0.3 is 0 Å². The first kappa shape index (κ1) is 19.5. The zero-order valence-corrected chi connectivity index (χ0v) is 15.5. The van der Waals surface area contributed by atoms with Gasteiger partial charge < -0.3 is 4.74 Å². The van der Waals surface area contributed by atoms with E-state index in [1.165, 1.54) is 6.07 Å². The van der Waals surface area contributed by atoms with Crippen LogP contribution in [-0.4, -0.2) is 12.5 Å². The van der Waals surface area contributed by atoms with Gasteiger partial charge in [-0.25, -0.2) is 13.2 Å². The van der Waals surface area contributed by atoms with Crippen molar-refractivity contribution in [1.82, 2.24) is 0 Å². The summed E-state index contributed by atoms with van der Waals surface area (Å²) in [4.78, 5) is 0. The summed E-state index contributed by atoms with van der Waals surface area (Å²) in [7, 11) is 0. The van der Waals surface area contributed by atoms with Crippen LogP contribution < -0.4 is 4.74 Å². The zero-order chi connectivity index (χ0) is 18.9. The summed E-state index contributed by atoms with van der Waals surface area (Å²) < 4.78 is 63.0. The monoisotopic (exact) mass is 372 g/mol. The Morgan fingerprint density at radius 1 is 1.04 bits per heavy atom. The van der Waals surface area contributed by atoms with E-state index in [0.717, 1.165) is 12.8 Å². The number of fused-ring (bicyclic) bond motifs is 1. The Bertz CT molecular complexity index is 631. The van der Waals surface area contributed by atoms with Crippen molar-refractivity contribution < 1.29 is 22.3 Å². The Morgan fingerprint density at radius 3 is 2.46 bits per heavy atom. The van der Waals surface area contributed by atoms with E-state index in [4.69, 9.17) is 4.74 Å². The largest absolute Gasteiger partial charge is 0.491 e. The molecule has 1 nitrogen and oxygen atoms in total. The van der Waals surface area contributed by atoms with Gasteiger partial charge in [0.1, 0.15) is 0 Å². The van der Waals surface area contributed by atoms with Gasteiger partial charge in [-0.1, -0.05) is 19.4 Å². The van der Waals surface area contributed by atoms with Crippen LogP contribution in [0.5, 0.6) is 5.75 Å². The Kier molecular flexibility index (Phi) is 5.83. The van der Waals surface area contributed by atoms with Gasteiger partial charge in [0, 0.05) is 12.3 Å². The molecule has 2 aliphatic rings. The average Bonchev–Trinajstić information content (AvgIpc) is 2.92. The maximum atomic E-state index is 14.6. The Balaban J connectivity index is 1.76. The summed E-state index contributed by atoms with van der Waals surface area (Å²) in [5.41, 5.74) is 0.312. The lowest BCUT2D eigenvalue weighted by Gasteiger charge is -2.26. The summed E-state index contributed by atoms with van der Waals surface area (Å²) in [5.74, 6) is -5.22. The highest BCUT2D eigenvalue weighted by Crippen LogP contribution is 2.53. The minimum atomic E-state index is -2.65. The molecule has 2 fully saturated rings. The third-order valence-electron chi connectivity index (χ3n) is 6.31. The van der Waals surface area contributed by atoms with Gasteiger partial charge in [-0.3, -0.25) is 0 Å². The standard InChI is InChI=1S/C21H28F4O/c1-3-5-16-7-6-13-10-14(11-15(13)12-21(16,24)25)17-8-9-18(26-4-2)20(23)19(17)22/h8-9,13-16H,3-7,10-12H2,1-2H3. The first-order valence-corrected chi connectivity index (χ1v) is 9.85. The van der Waals surface area contributed by atoms with Crippen molar-refractivity contribution in [2.24, 2.45) is 17.8 Å². The van der Waals surface area contributed by atoms with Crippen LogP contribution in [0.3, 0.4) is 0 Å². The van der Waals surface area contributed by atoms with E-state index in [9.17, 15) is 17.6 Å². The Morgan fingerprint density at radius 2 is 1.77 bits per heavy atom. The molecule has 3 rings (SSSR count). The number of halogens is 4. The van der Waals surface area contributed by atoms with E-state index in [1.807, 2.05) is 6.92 Å². The van der Waals surface area contributed by atoms with E-state index in [1.54, 1.807) is 13.0 Å². The van der Waals surface area contributed by atoms with Crippen molar-refractivity contribution in [2.75, 3.05) is 6.61 Å². The molecule has 1 aromatic carbocycles. The van der Waals surface area contributed by atoms with Gasteiger partial charge in [0.2, 0.25) is 5.82 Å². The van der Waals surface area contributed by atoms with Crippen molar-refractivity contribution in [3.05, 3.63) is 29.3 Å². The molecule has 0 saturated heterocycles. The van der Waals surface area contributed by atoms with Gasteiger partial charge in [-0.05, 0) is 68.4 Å². The topological polar surface area (TPSA) is 9.23 Å². The first-order valence-electron chi connectivity index (χ1n) is 9.85. The first-order chi connectivity index (χ1) is 12.4. The molecule has 4 unspecified atom stereocenters. The van der Waals surface area contributed by atoms with E-state index >= 15 is 0 Å². The summed E-state index contributed by atoms with van der Waals surface area (Å²) in [5, 5.41) is 0. The fraction of sp³-hybridized carbons (Fsp3) is 0.714. The Hall–Kier alpha value is -1.26. The van der Waals surface area contributed by atoms with Crippen LogP contribution in [0.15, 0.2) is 12.1 Å². The molecular weight excluding hydrogens is 344 g/mol. The molecule has 0 N–H and O–H groups in total. The van der Waals surface area contributed by atoms with E-state index in [-0.39, 0.29) is 36.5 Å². The number of hydrogen-bond donors (Lipinski definition) is 0. The second-order valence-corrected chi connectivity index (χ2v) is 7.93. The molecule has 26 heavy (non-hydrogen) atoms. The van der Waals surface area contributed by atoms with Crippen LogP contribution in [0.1, 0.15) is 70.3 Å². The summed E-state index contributed by atoms with van der Waals surface area (Å²) in [6.07, 6.45) is 3.72. The average molecular weight is 372 g/mol. The summed E-state index contributed by atoms with van der Waals surface area (Å²) >= 11 is 0. The van der Waals surface area contributed by atoms with Crippen LogP contribution in [0.4, 0.5) is 17.6 Å². The summed E-state index contributed by atoms with van der Waals surface area (Å²) in [6, 6.07) is 3.02. The second-order valence-electron chi connectivity index (χ2n) is 7.93. The van der Waals surface area contributed by atoms with E-state index < -0.39 is 23.5 Å². The molecule has 146 valence electrons. The van der Waals surface area contributed by atoms with Crippen LogP contribution in [-0.2, 0) is 0 Å². The fourth-order valence-electron chi connectivity index (χ4n) is 5.05. The van der Waals surface area contributed by atoms with Gasteiger partial charge in [0.05, 0.1) is 6.61 Å². The number of benzene rings is 1. The van der Waals surface area contributed by atoms with Crippen molar-refractivity contribution >= 4 is 0 Å². The zero-order valence-electron chi connectivity index (χ0n) is 15.5. The predicted molar refractivity (Wildman–Crippen MR) is 93.7 cm³/mol. The number of ether oxygens (including phenoxy) is 1. The highest BCUT2D eigenvalue weighted by Gasteiger charge is 2.48. The quantitative estimate of drug-likeness (QED) is 0.522. The molecule has 4 atom stereocenters. The highest BCUT2D eigenvalue weighted by atomic mass is 19.3. The molecule has 5 heteroatoms. The molecule has 2 saturated carbocycles. The van der Waals surface area contributed by atoms with Gasteiger partial charge in [-0.2, -0.15) is 4.39 Å². The van der Waals surface area contributed by atoms with Crippen molar-refractivity contribution in [2.45, 2.75) is 70.6 Å². The molecule has 0 bridgehead atoms. The third-order valence-corrected chi connectivity index (χ3v) is 6.31. The second kappa shape index (κ2) is 7.77. The number of hydrogen-bond acceptors (Lipinski definition) is 1. The van der Waals surface area contributed by atoms with Crippen LogP contribution in [0.25, 0.3) is 0 Å². The molecule has 0 radical (unpaired) electrons. The Labute approximate surface area is 153 Å². The molecule has 0 aliphatic heterocycles. The van der Waals surface area contributed by atoms with Crippen LogP contribution in [0, 0.1) is 29.4 Å². The minimum absolute atomic E-state index is 0.0881. The maximum absolute atomic E-state index is 14.6. The van der Waals surface area contributed by atoms with E-state index in [2.05, 4.69) is 0 Å². The molecule has 1 aromatic rings. The number of alkyl halides is 2. The molecule has 0 heterocycles. The lowest BCUT2D eigenvalue weighted by atomic mass is 9.88. The predicted octanol–water partition coefficient (Wildman–Crippen LogP) is 6.71. The normalized spacial score (nSPS) is 30.7. The molecule has 0 spiro atoms. The lowest BCUT2D eigenvalue weighted by molar-refractivity contribution is -0.0757. The van der Waals surface area contributed by atoms with Gasteiger partial charge in [0.15, 0.2) is 11.6 Å². The summed E-state index contributed by atoms with van der Waals surface area (Å²) in [6.45, 7) is 3.92. The highest BCUT2D eigenvalue weighted by molar-refractivity contribution is 5.33. The molecule has 0 aromatic heterocycles. The fourth-order valence-corrected chi connectivity index (χ4v) is 5.05.